The fourth-order valence-corrected chi connectivity index (χ4v) is 2.18. The maximum atomic E-state index is 5.93. The summed E-state index contributed by atoms with van der Waals surface area (Å²) >= 11 is 5.93. The van der Waals surface area contributed by atoms with Gasteiger partial charge < -0.3 is 4.90 Å². The number of hydrogen-bond acceptors (Lipinski definition) is 3. The van der Waals surface area contributed by atoms with Gasteiger partial charge in [-0.3, -0.25) is 9.38 Å². The molecule has 0 atom stereocenters. The zero-order chi connectivity index (χ0) is 13.4. The summed E-state index contributed by atoms with van der Waals surface area (Å²) in [5.41, 5.74) is 2.92. The number of hydrogen-bond donors (Lipinski definition) is 0. The van der Waals surface area contributed by atoms with Gasteiger partial charge in [-0.2, -0.15) is 0 Å². The molecule has 0 saturated heterocycles. The number of benzene rings is 1. The highest BCUT2D eigenvalue weighted by Crippen LogP contribution is 2.28. The van der Waals surface area contributed by atoms with Gasteiger partial charge >= 0.3 is 0 Å². The highest BCUT2D eigenvalue weighted by atomic mass is 35.5. The van der Waals surface area contributed by atoms with Crippen molar-refractivity contribution in [3.05, 3.63) is 47.9 Å². The molecule has 0 amide bonds. The predicted molar refractivity (Wildman–Crippen MR) is 77.8 cm³/mol. The quantitative estimate of drug-likeness (QED) is 0.719. The van der Waals surface area contributed by atoms with E-state index in [4.69, 9.17) is 16.6 Å². The largest absolute Gasteiger partial charge is 0.348 e. The third-order valence-electron chi connectivity index (χ3n) is 2.95. The van der Waals surface area contributed by atoms with Crippen LogP contribution in [0, 0.1) is 0 Å². The zero-order valence-corrected chi connectivity index (χ0v) is 11.5. The van der Waals surface area contributed by atoms with Crippen molar-refractivity contribution in [3.8, 4) is 11.3 Å². The Kier molecular flexibility index (Phi) is 2.87. The first-order valence-corrected chi connectivity index (χ1v) is 6.30. The lowest BCUT2D eigenvalue weighted by molar-refractivity contribution is 0.987. The van der Waals surface area contributed by atoms with Gasteiger partial charge in [0.2, 0.25) is 5.95 Å². The summed E-state index contributed by atoms with van der Waals surface area (Å²) in [6, 6.07) is 7.68. The van der Waals surface area contributed by atoms with Gasteiger partial charge in [0.25, 0.3) is 0 Å². The number of aromatic nitrogens is 3. The molecule has 96 valence electrons. The SMILES string of the molecule is CN(C)c1nc(-c2ccc(Cl)cc2)c2cnccn12. The predicted octanol–water partition coefficient (Wildman–Crippen LogP) is 3.12. The summed E-state index contributed by atoms with van der Waals surface area (Å²) < 4.78 is 2.02. The maximum Gasteiger partial charge on any atom is 0.210 e. The fraction of sp³-hybridized carbons (Fsp3) is 0.143. The van der Waals surface area contributed by atoms with Crippen molar-refractivity contribution >= 4 is 23.1 Å². The Hall–Kier alpha value is -2.07. The summed E-state index contributed by atoms with van der Waals surface area (Å²) in [6.45, 7) is 0. The van der Waals surface area contributed by atoms with Crippen LogP contribution in [-0.4, -0.2) is 28.5 Å². The lowest BCUT2D eigenvalue weighted by atomic mass is 10.1. The van der Waals surface area contributed by atoms with E-state index in [0.717, 1.165) is 27.7 Å². The third kappa shape index (κ3) is 2.04. The molecule has 1 aromatic carbocycles. The molecule has 19 heavy (non-hydrogen) atoms. The van der Waals surface area contributed by atoms with E-state index in [9.17, 15) is 0 Å². The van der Waals surface area contributed by atoms with Crippen LogP contribution in [0.5, 0.6) is 0 Å². The number of halogens is 1. The lowest BCUT2D eigenvalue weighted by Gasteiger charge is -2.09. The summed E-state index contributed by atoms with van der Waals surface area (Å²) in [7, 11) is 3.95. The highest BCUT2D eigenvalue weighted by Gasteiger charge is 2.13. The van der Waals surface area contributed by atoms with Crippen LogP contribution in [0.4, 0.5) is 5.95 Å². The van der Waals surface area contributed by atoms with Gasteiger partial charge in [-0.15, -0.1) is 0 Å². The summed E-state index contributed by atoms with van der Waals surface area (Å²) in [5, 5.41) is 0.721. The zero-order valence-electron chi connectivity index (χ0n) is 10.7. The van der Waals surface area contributed by atoms with E-state index in [1.807, 2.05) is 60.1 Å². The molecule has 0 aliphatic heterocycles. The first-order chi connectivity index (χ1) is 9.16. The second-order valence-electron chi connectivity index (χ2n) is 4.49. The molecule has 3 aromatic rings. The number of imidazole rings is 1. The van der Waals surface area contributed by atoms with Gasteiger partial charge in [0.05, 0.1) is 17.4 Å². The Morgan fingerprint density at radius 3 is 2.58 bits per heavy atom. The topological polar surface area (TPSA) is 33.4 Å². The molecule has 0 bridgehead atoms. The van der Waals surface area contributed by atoms with E-state index < -0.39 is 0 Å². The van der Waals surface area contributed by atoms with E-state index in [1.54, 1.807) is 6.20 Å². The molecule has 0 N–H and O–H groups in total. The number of fused-ring (bicyclic) bond motifs is 1. The van der Waals surface area contributed by atoms with Crippen LogP contribution in [0.15, 0.2) is 42.9 Å². The number of rotatable bonds is 2. The van der Waals surface area contributed by atoms with Gasteiger partial charge in [-0.25, -0.2) is 4.98 Å². The van der Waals surface area contributed by atoms with Crippen LogP contribution in [-0.2, 0) is 0 Å². The summed E-state index contributed by atoms with van der Waals surface area (Å²) in [5.74, 6) is 0.877. The Labute approximate surface area is 116 Å². The minimum Gasteiger partial charge on any atom is -0.348 e. The second kappa shape index (κ2) is 4.55. The molecular formula is C14H13ClN4. The maximum absolute atomic E-state index is 5.93. The van der Waals surface area contributed by atoms with Crippen LogP contribution in [0.2, 0.25) is 5.02 Å². The van der Waals surface area contributed by atoms with Crippen LogP contribution in [0.25, 0.3) is 16.8 Å². The molecule has 4 nitrogen and oxygen atoms in total. The summed E-state index contributed by atoms with van der Waals surface area (Å²) in [6.07, 6.45) is 5.49. The third-order valence-corrected chi connectivity index (χ3v) is 3.20. The second-order valence-corrected chi connectivity index (χ2v) is 4.93. The first-order valence-electron chi connectivity index (χ1n) is 5.92. The molecule has 0 radical (unpaired) electrons. The van der Waals surface area contributed by atoms with Crippen molar-refractivity contribution < 1.29 is 0 Å². The average Bonchev–Trinajstić information content (AvgIpc) is 2.79. The van der Waals surface area contributed by atoms with Crippen molar-refractivity contribution in [2.45, 2.75) is 0 Å². The van der Waals surface area contributed by atoms with Crippen molar-refractivity contribution in [1.82, 2.24) is 14.4 Å². The minimum atomic E-state index is 0.721. The van der Waals surface area contributed by atoms with Gasteiger partial charge in [0.1, 0.15) is 0 Å². The molecule has 0 aliphatic rings. The standard InChI is InChI=1S/C14H13ClN4/c1-18(2)14-17-13(10-3-5-11(15)6-4-10)12-9-16-7-8-19(12)14/h3-9H,1-2H3. The van der Waals surface area contributed by atoms with Crippen molar-refractivity contribution in [2.75, 3.05) is 19.0 Å². The number of nitrogens with zero attached hydrogens (tertiary/aromatic N) is 4. The van der Waals surface area contributed by atoms with E-state index in [-0.39, 0.29) is 0 Å². The normalized spacial score (nSPS) is 10.9. The first kappa shape index (κ1) is 12.0. The fourth-order valence-electron chi connectivity index (χ4n) is 2.06. The van der Waals surface area contributed by atoms with E-state index in [1.165, 1.54) is 0 Å². The van der Waals surface area contributed by atoms with E-state index in [2.05, 4.69) is 4.98 Å². The Balaban J connectivity index is 2.26. The van der Waals surface area contributed by atoms with Crippen LogP contribution >= 0.6 is 11.6 Å². The molecule has 0 fully saturated rings. The van der Waals surface area contributed by atoms with E-state index in [0.29, 0.717) is 0 Å². The van der Waals surface area contributed by atoms with E-state index >= 15 is 0 Å². The average molecular weight is 273 g/mol. The molecular weight excluding hydrogens is 260 g/mol. The molecule has 2 heterocycles. The Bertz CT molecular complexity index is 716. The monoisotopic (exact) mass is 272 g/mol. The van der Waals surface area contributed by atoms with Gasteiger partial charge in [-0.1, -0.05) is 23.7 Å². The van der Waals surface area contributed by atoms with Gasteiger partial charge in [0, 0.05) is 37.1 Å². The molecule has 2 aromatic heterocycles. The highest BCUT2D eigenvalue weighted by molar-refractivity contribution is 6.30. The van der Waals surface area contributed by atoms with Crippen molar-refractivity contribution in [3.63, 3.8) is 0 Å². The minimum absolute atomic E-state index is 0.721. The lowest BCUT2D eigenvalue weighted by Crippen LogP contribution is -2.12. The van der Waals surface area contributed by atoms with Crippen molar-refractivity contribution in [2.24, 2.45) is 0 Å². The smallest absolute Gasteiger partial charge is 0.210 e. The number of anilines is 1. The molecule has 3 rings (SSSR count). The molecule has 0 saturated carbocycles. The van der Waals surface area contributed by atoms with Crippen molar-refractivity contribution in [1.29, 1.82) is 0 Å². The Morgan fingerprint density at radius 1 is 1.16 bits per heavy atom. The summed E-state index contributed by atoms with van der Waals surface area (Å²) in [4.78, 5) is 10.9. The van der Waals surface area contributed by atoms with Gasteiger partial charge in [-0.05, 0) is 12.1 Å². The molecule has 0 aliphatic carbocycles. The molecule has 5 heteroatoms. The molecule has 0 spiro atoms. The van der Waals surface area contributed by atoms with Crippen LogP contribution < -0.4 is 4.90 Å². The molecule has 0 unspecified atom stereocenters. The van der Waals surface area contributed by atoms with Gasteiger partial charge in [0.15, 0.2) is 0 Å². The van der Waals surface area contributed by atoms with Crippen LogP contribution in [0.3, 0.4) is 0 Å². The Morgan fingerprint density at radius 2 is 1.89 bits per heavy atom. The van der Waals surface area contributed by atoms with Crippen LogP contribution in [0.1, 0.15) is 0 Å².